The molecule has 1 amide bonds. The van der Waals surface area contributed by atoms with Gasteiger partial charge in [-0.05, 0) is 29.7 Å². The number of alkyl halides is 3. The predicted molar refractivity (Wildman–Crippen MR) is 138 cm³/mol. The van der Waals surface area contributed by atoms with Crippen molar-refractivity contribution in [3.8, 4) is 11.3 Å². The molecule has 39 heavy (non-hydrogen) atoms. The number of carboxylic acids is 1. The number of carbonyl (C=O) groups excluding carboxylic acids is 2. The molecule has 14 heteroatoms. The van der Waals surface area contributed by atoms with E-state index in [0.717, 1.165) is 11.0 Å². The number of rotatable bonds is 7. The minimum atomic E-state index is -4.60. The van der Waals surface area contributed by atoms with Crippen molar-refractivity contribution >= 4 is 46.5 Å². The van der Waals surface area contributed by atoms with Crippen LogP contribution in [-0.4, -0.2) is 71.7 Å². The van der Waals surface area contributed by atoms with Gasteiger partial charge in [0, 0.05) is 35.4 Å². The van der Waals surface area contributed by atoms with E-state index in [1.165, 1.54) is 24.3 Å². The Kier molecular flexibility index (Phi) is 8.99. The van der Waals surface area contributed by atoms with Crippen molar-refractivity contribution < 1.29 is 37.4 Å². The van der Waals surface area contributed by atoms with E-state index in [4.69, 9.17) is 15.6 Å². The van der Waals surface area contributed by atoms with E-state index in [9.17, 15) is 32.3 Å². The number of amides is 1. The summed E-state index contributed by atoms with van der Waals surface area (Å²) >= 11 is 0. The van der Waals surface area contributed by atoms with Crippen LogP contribution in [0.15, 0.2) is 53.3 Å². The summed E-state index contributed by atoms with van der Waals surface area (Å²) in [4.78, 5) is 52.8. The molecule has 1 fully saturated rings. The smallest absolute Gasteiger partial charge is 0.417 e. The zero-order valence-electron chi connectivity index (χ0n) is 20.2. The zero-order chi connectivity index (χ0) is 27.6. The molecule has 0 saturated carbocycles. The summed E-state index contributed by atoms with van der Waals surface area (Å²) in [5.41, 5.74) is 4.29. The number of nitrogens with zero attached hydrogens (tertiary/aromatic N) is 2. The van der Waals surface area contributed by atoms with Crippen LogP contribution in [0, 0.1) is 0 Å². The Morgan fingerprint density at radius 2 is 1.87 bits per heavy atom. The minimum absolute atomic E-state index is 0. The molecule has 0 aliphatic carbocycles. The highest BCUT2D eigenvalue weighted by Crippen LogP contribution is 2.36. The second-order valence-corrected chi connectivity index (χ2v) is 8.70. The van der Waals surface area contributed by atoms with Gasteiger partial charge in [0.1, 0.15) is 6.73 Å². The number of halogens is 4. The van der Waals surface area contributed by atoms with Crippen molar-refractivity contribution in [3.63, 3.8) is 0 Å². The maximum atomic E-state index is 13.5. The van der Waals surface area contributed by atoms with Crippen LogP contribution in [0.4, 0.5) is 18.9 Å². The Morgan fingerprint density at radius 3 is 2.54 bits per heavy atom. The first-order chi connectivity index (χ1) is 18.0. The lowest BCUT2D eigenvalue weighted by Gasteiger charge is -2.23. The number of ether oxygens (including phenoxy) is 1. The van der Waals surface area contributed by atoms with Crippen LogP contribution < -0.4 is 16.2 Å². The molecule has 1 aliphatic rings. The Hall–Kier alpha value is -3.94. The van der Waals surface area contributed by atoms with Crippen LogP contribution in [-0.2, 0) is 25.3 Å². The fraction of sp³-hybridized carbons (Fsp3) is 0.280. The SMILES string of the molecule is Cl.NCC(=O)CN(C[C@@H]1CN(c2ccc3cc(-c4ccccc4C(F)(F)F)[nH]c(=O)c3c2)CO1)C(=O)C(=O)O. The number of nitrogens with two attached hydrogens (primary N) is 1. The minimum Gasteiger partial charge on any atom is -0.474 e. The molecule has 1 aliphatic heterocycles. The number of H-pyrrole nitrogens is 1. The predicted octanol–water partition coefficient (Wildman–Crippen LogP) is 2.24. The van der Waals surface area contributed by atoms with E-state index in [1.807, 2.05) is 0 Å². The Balaban J connectivity index is 0.00000420. The average molecular weight is 569 g/mol. The number of hydrogen-bond donors (Lipinski definition) is 3. The van der Waals surface area contributed by atoms with Crippen LogP contribution in [0.5, 0.6) is 0 Å². The number of carboxylic acid groups (broad SMARTS) is 1. The molecule has 2 aromatic carbocycles. The Morgan fingerprint density at radius 1 is 1.15 bits per heavy atom. The molecule has 0 bridgehead atoms. The molecule has 208 valence electrons. The van der Waals surface area contributed by atoms with E-state index >= 15 is 0 Å². The highest BCUT2D eigenvalue weighted by Gasteiger charge is 2.34. The summed E-state index contributed by atoms with van der Waals surface area (Å²) in [6.45, 7) is -0.696. The number of benzene rings is 2. The highest BCUT2D eigenvalue weighted by atomic mass is 35.5. The normalized spacial score (nSPS) is 15.2. The van der Waals surface area contributed by atoms with Gasteiger partial charge in [-0.15, -0.1) is 12.4 Å². The second kappa shape index (κ2) is 11.8. The van der Waals surface area contributed by atoms with Crippen molar-refractivity contribution in [3.05, 3.63) is 64.4 Å². The Labute approximate surface area is 225 Å². The van der Waals surface area contributed by atoms with Gasteiger partial charge in [-0.1, -0.05) is 24.3 Å². The largest absolute Gasteiger partial charge is 0.474 e. The molecule has 3 aromatic rings. The molecule has 4 N–H and O–H groups in total. The van der Waals surface area contributed by atoms with Crippen molar-refractivity contribution in [1.82, 2.24) is 9.88 Å². The zero-order valence-corrected chi connectivity index (χ0v) is 21.1. The molecule has 10 nitrogen and oxygen atoms in total. The van der Waals surface area contributed by atoms with Crippen molar-refractivity contribution in [2.75, 3.05) is 37.8 Å². The lowest BCUT2D eigenvalue weighted by atomic mass is 10.0. The number of anilines is 1. The molecule has 2 heterocycles. The molecule has 0 radical (unpaired) electrons. The number of carbonyl (C=O) groups is 3. The molecule has 1 aromatic heterocycles. The topological polar surface area (TPSA) is 146 Å². The molecular formula is C25H24ClF3N4O6. The summed E-state index contributed by atoms with van der Waals surface area (Å²) in [7, 11) is 0. The van der Waals surface area contributed by atoms with Crippen LogP contribution in [0.3, 0.4) is 0 Å². The number of pyridine rings is 1. The van der Waals surface area contributed by atoms with Gasteiger partial charge in [-0.2, -0.15) is 13.2 Å². The number of fused-ring (bicyclic) bond motifs is 1. The summed E-state index contributed by atoms with van der Waals surface area (Å²) in [6.07, 6.45) is -5.22. The summed E-state index contributed by atoms with van der Waals surface area (Å²) in [5, 5.41) is 9.72. The van der Waals surface area contributed by atoms with E-state index in [-0.39, 0.29) is 55.4 Å². The first kappa shape index (κ1) is 29.6. The fourth-order valence-electron chi connectivity index (χ4n) is 4.27. The van der Waals surface area contributed by atoms with Crippen LogP contribution >= 0.6 is 12.4 Å². The Bertz CT molecular complexity index is 1460. The standard InChI is InChI=1S/C25H23F3N4O6.ClH/c26-25(27,28)20-4-2-1-3-18(20)21-7-14-5-6-15(8-19(14)22(34)30-21)32-12-17(38-13-32)11-31(10-16(33)9-29)23(35)24(36)37;/h1-8,17H,9-13,29H2,(H,30,34)(H,36,37);1H/t17-;/m1./s1. The molecular weight excluding hydrogens is 545 g/mol. The quantitative estimate of drug-likeness (QED) is 0.368. The van der Waals surface area contributed by atoms with Gasteiger partial charge in [-0.25, -0.2) is 4.79 Å². The first-order valence-corrected chi connectivity index (χ1v) is 11.4. The molecule has 4 rings (SSSR count). The van der Waals surface area contributed by atoms with E-state index in [0.29, 0.717) is 11.1 Å². The number of aromatic nitrogens is 1. The van der Waals surface area contributed by atoms with Crippen LogP contribution in [0.1, 0.15) is 5.56 Å². The van der Waals surface area contributed by atoms with Gasteiger partial charge in [0.05, 0.1) is 24.8 Å². The third kappa shape index (κ3) is 6.56. The maximum absolute atomic E-state index is 13.5. The van der Waals surface area contributed by atoms with E-state index in [2.05, 4.69) is 4.98 Å². The van der Waals surface area contributed by atoms with E-state index in [1.54, 1.807) is 23.1 Å². The summed E-state index contributed by atoms with van der Waals surface area (Å²) in [5.74, 6) is -3.48. The fourth-order valence-corrected chi connectivity index (χ4v) is 4.27. The van der Waals surface area contributed by atoms with Gasteiger partial charge >= 0.3 is 18.1 Å². The number of aliphatic carboxylic acids is 1. The number of Topliss-reactive ketones (excluding diaryl/α,β-unsaturated/α-hetero) is 1. The van der Waals surface area contributed by atoms with Crippen molar-refractivity contribution in [1.29, 1.82) is 0 Å². The van der Waals surface area contributed by atoms with Gasteiger partial charge < -0.3 is 30.4 Å². The number of hydrogen-bond acceptors (Lipinski definition) is 7. The number of aromatic amines is 1. The molecule has 0 unspecified atom stereocenters. The molecule has 0 spiro atoms. The van der Waals surface area contributed by atoms with E-state index < -0.39 is 47.6 Å². The van der Waals surface area contributed by atoms with Gasteiger partial charge in [0.25, 0.3) is 5.56 Å². The summed E-state index contributed by atoms with van der Waals surface area (Å²) < 4.78 is 46.1. The van der Waals surface area contributed by atoms with Gasteiger partial charge in [0.2, 0.25) is 0 Å². The molecule has 1 atom stereocenters. The highest BCUT2D eigenvalue weighted by molar-refractivity contribution is 6.31. The lowest BCUT2D eigenvalue weighted by Crippen LogP contribution is -2.46. The first-order valence-electron chi connectivity index (χ1n) is 11.4. The maximum Gasteiger partial charge on any atom is 0.417 e. The third-order valence-electron chi connectivity index (χ3n) is 6.10. The number of nitrogens with one attached hydrogen (secondary N) is 1. The van der Waals surface area contributed by atoms with Gasteiger partial charge in [0.15, 0.2) is 5.78 Å². The third-order valence-corrected chi connectivity index (χ3v) is 6.10. The summed E-state index contributed by atoms with van der Waals surface area (Å²) in [6, 6.07) is 11.3. The molecule has 1 saturated heterocycles. The van der Waals surface area contributed by atoms with Crippen LogP contribution in [0.2, 0.25) is 0 Å². The van der Waals surface area contributed by atoms with Crippen LogP contribution in [0.25, 0.3) is 22.0 Å². The lowest BCUT2D eigenvalue weighted by molar-refractivity contribution is -0.157. The van der Waals surface area contributed by atoms with Crippen molar-refractivity contribution in [2.24, 2.45) is 5.73 Å². The second-order valence-electron chi connectivity index (χ2n) is 8.70. The average Bonchev–Trinajstić information content (AvgIpc) is 3.35. The monoisotopic (exact) mass is 568 g/mol. The number of ketones is 1. The van der Waals surface area contributed by atoms with Gasteiger partial charge in [-0.3, -0.25) is 14.4 Å². The van der Waals surface area contributed by atoms with Crippen molar-refractivity contribution in [2.45, 2.75) is 12.3 Å².